The Bertz CT molecular complexity index is 1030. The quantitative estimate of drug-likeness (QED) is 0.745. The lowest BCUT2D eigenvalue weighted by Gasteiger charge is -2.15. The van der Waals surface area contributed by atoms with E-state index in [0.717, 1.165) is 15.7 Å². The molecule has 0 saturated heterocycles. The summed E-state index contributed by atoms with van der Waals surface area (Å²) in [6, 6.07) is 18.4. The normalized spacial score (nSPS) is 13.8. The summed E-state index contributed by atoms with van der Waals surface area (Å²) in [6.07, 6.45) is 1.35. The molecule has 3 nitrogen and oxygen atoms in total. The van der Waals surface area contributed by atoms with Gasteiger partial charge in [-0.25, -0.2) is 0 Å². The van der Waals surface area contributed by atoms with Gasteiger partial charge in [-0.1, -0.05) is 54.2 Å². The van der Waals surface area contributed by atoms with E-state index in [1.807, 2.05) is 42.5 Å². The van der Waals surface area contributed by atoms with Crippen molar-refractivity contribution >= 4 is 34.1 Å². The maximum Gasteiger partial charge on any atom is 0.204 e. The Morgan fingerprint density at radius 2 is 1.62 bits per heavy atom. The summed E-state index contributed by atoms with van der Waals surface area (Å²) >= 11 is 1.24. The first-order valence-corrected chi connectivity index (χ1v) is 8.24. The van der Waals surface area contributed by atoms with Gasteiger partial charge in [-0.2, -0.15) is 0 Å². The third kappa shape index (κ3) is 2.41. The van der Waals surface area contributed by atoms with Crippen molar-refractivity contribution in [2.45, 2.75) is 4.90 Å². The Kier molecular flexibility index (Phi) is 3.47. The predicted molar refractivity (Wildman–Crippen MR) is 94.7 cm³/mol. The average Bonchev–Trinajstić information content (AvgIpc) is 2.59. The minimum absolute atomic E-state index is 0.0910. The van der Waals surface area contributed by atoms with Gasteiger partial charge in [0.05, 0.1) is 10.5 Å². The van der Waals surface area contributed by atoms with Crippen LogP contribution < -0.4 is 0 Å². The summed E-state index contributed by atoms with van der Waals surface area (Å²) in [7, 11) is 0. The highest BCUT2D eigenvalue weighted by molar-refractivity contribution is 8.04. The second-order valence-electron chi connectivity index (χ2n) is 5.51. The number of carbonyl (C=O) groups excluding carboxylic acids is 2. The van der Waals surface area contributed by atoms with Gasteiger partial charge in [0.2, 0.25) is 5.78 Å². The summed E-state index contributed by atoms with van der Waals surface area (Å²) in [5.41, 5.74) is 0.344. The summed E-state index contributed by atoms with van der Waals surface area (Å²) < 4.78 is 0. The van der Waals surface area contributed by atoms with Crippen LogP contribution in [0.5, 0.6) is 5.75 Å². The molecule has 0 amide bonds. The van der Waals surface area contributed by atoms with Gasteiger partial charge in [0.15, 0.2) is 5.78 Å². The van der Waals surface area contributed by atoms with Crippen LogP contribution >= 0.6 is 11.8 Å². The summed E-state index contributed by atoms with van der Waals surface area (Å²) in [6.45, 7) is 0. The van der Waals surface area contributed by atoms with Crippen molar-refractivity contribution in [3.05, 3.63) is 82.8 Å². The Labute approximate surface area is 142 Å². The monoisotopic (exact) mass is 332 g/mol. The number of aromatic hydroxyl groups is 1. The molecule has 0 aliphatic heterocycles. The number of Topliss-reactive ketones (excluding diaryl/α,β-unsaturated/α-hetero) is 1. The minimum Gasteiger partial charge on any atom is -0.507 e. The first kappa shape index (κ1) is 14.7. The summed E-state index contributed by atoms with van der Waals surface area (Å²) in [5.74, 6) is -0.736. The van der Waals surface area contributed by atoms with Crippen molar-refractivity contribution in [2.75, 3.05) is 0 Å². The molecule has 3 aromatic rings. The van der Waals surface area contributed by atoms with E-state index in [4.69, 9.17) is 0 Å². The Morgan fingerprint density at radius 1 is 0.833 bits per heavy atom. The van der Waals surface area contributed by atoms with Gasteiger partial charge in [-0.05, 0) is 29.0 Å². The van der Waals surface area contributed by atoms with Gasteiger partial charge >= 0.3 is 0 Å². The number of allylic oxidation sites excluding steroid dienone is 2. The Balaban J connectivity index is 1.73. The van der Waals surface area contributed by atoms with E-state index < -0.39 is 0 Å². The molecule has 0 unspecified atom stereocenters. The third-order valence-electron chi connectivity index (χ3n) is 3.97. The molecule has 3 aromatic carbocycles. The molecule has 0 radical (unpaired) electrons. The van der Waals surface area contributed by atoms with Crippen LogP contribution in [-0.4, -0.2) is 16.7 Å². The fraction of sp³-hybridized carbons (Fsp3) is 0. The van der Waals surface area contributed by atoms with Crippen molar-refractivity contribution in [1.82, 2.24) is 0 Å². The van der Waals surface area contributed by atoms with E-state index in [9.17, 15) is 14.7 Å². The summed E-state index contributed by atoms with van der Waals surface area (Å²) in [4.78, 5) is 26.1. The maximum absolute atomic E-state index is 12.6. The van der Waals surface area contributed by atoms with Gasteiger partial charge in [0.1, 0.15) is 5.75 Å². The second-order valence-corrected chi connectivity index (χ2v) is 6.63. The van der Waals surface area contributed by atoms with Crippen molar-refractivity contribution in [2.24, 2.45) is 0 Å². The standard InChI is InChI=1S/C20H12O3S/c21-16-7-3-6-15-17(22)11-18(20(23)19(15)16)24-14-9-8-12-4-1-2-5-13(12)10-14/h1-11,21H. The molecular formula is C20H12O3S. The molecule has 1 aliphatic rings. The zero-order valence-electron chi connectivity index (χ0n) is 12.5. The van der Waals surface area contributed by atoms with Gasteiger partial charge in [-0.3, -0.25) is 9.59 Å². The van der Waals surface area contributed by atoms with Gasteiger partial charge in [-0.15, -0.1) is 0 Å². The van der Waals surface area contributed by atoms with E-state index >= 15 is 0 Å². The number of phenols is 1. The maximum atomic E-state index is 12.6. The van der Waals surface area contributed by atoms with Crippen molar-refractivity contribution in [3.8, 4) is 5.75 Å². The molecule has 0 saturated carbocycles. The minimum atomic E-state index is -0.319. The fourth-order valence-corrected chi connectivity index (χ4v) is 3.74. The van der Waals surface area contributed by atoms with Gasteiger partial charge < -0.3 is 5.11 Å². The number of hydrogen-bond donors (Lipinski definition) is 1. The number of ketones is 2. The first-order chi connectivity index (χ1) is 11.6. The second kappa shape index (κ2) is 5.65. The number of thioether (sulfide) groups is 1. The molecule has 116 valence electrons. The van der Waals surface area contributed by atoms with Crippen LogP contribution in [0.15, 0.2) is 76.5 Å². The predicted octanol–water partition coefficient (Wildman–Crippen LogP) is 4.60. The molecule has 0 spiro atoms. The molecule has 1 N–H and O–H groups in total. The van der Waals surface area contributed by atoms with Crippen molar-refractivity contribution < 1.29 is 14.7 Å². The van der Waals surface area contributed by atoms with Crippen molar-refractivity contribution in [1.29, 1.82) is 0 Å². The number of rotatable bonds is 2. The summed E-state index contributed by atoms with van der Waals surface area (Å²) in [5, 5.41) is 12.1. The highest BCUT2D eigenvalue weighted by atomic mass is 32.2. The molecule has 0 aromatic heterocycles. The molecule has 0 bridgehead atoms. The largest absolute Gasteiger partial charge is 0.507 e. The molecule has 4 heteroatoms. The van der Waals surface area contributed by atoms with Crippen LogP contribution in [-0.2, 0) is 0 Å². The molecule has 0 fully saturated rings. The molecule has 0 heterocycles. The van der Waals surface area contributed by atoms with Crippen LogP contribution in [0.2, 0.25) is 0 Å². The van der Waals surface area contributed by atoms with Gasteiger partial charge in [0, 0.05) is 16.5 Å². The number of phenolic OH excluding ortho intramolecular Hbond substituents is 1. The Morgan fingerprint density at radius 3 is 2.46 bits per heavy atom. The smallest absolute Gasteiger partial charge is 0.204 e. The van der Waals surface area contributed by atoms with Crippen LogP contribution in [0, 0.1) is 0 Å². The number of fused-ring (bicyclic) bond motifs is 2. The van der Waals surface area contributed by atoms with Gasteiger partial charge in [0.25, 0.3) is 0 Å². The lowest BCUT2D eigenvalue weighted by Crippen LogP contribution is -2.15. The highest BCUT2D eigenvalue weighted by Gasteiger charge is 2.28. The average molecular weight is 332 g/mol. The van der Waals surface area contributed by atoms with Crippen LogP contribution in [0.4, 0.5) is 0 Å². The zero-order chi connectivity index (χ0) is 16.7. The number of hydrogen-bond acceptors (Lipinski definition) is 4. The molecular weight excluding hydrogens is 320 g/mol. The first-order valence-electron chi connectivity index (χ1n) is 7.43. The van der Waals surface area contributed by atoms with E-state index in [0.29, 0.717) is 4.91 Å². The van der Waals surface area contributed by atoms with E-state index in [1.54, 1.807) is 12.1 Å². The fourth-order valence-electron chi connectivity index (χ4n) is 2.80. The SMILES string of the molecule is O=C1C=C(Sc2ccc3ccccc3c2)C(=O)c2c(O)cccc21. The Hall–Kier alpha value is -2.85. The molecule has 4 rings (SSSR count). The van der Waals surface area contributed by atoms with E-state index in [2.05, 4.69) is 0 Å². The van der Waals surface area contributed by atoms with Crippen LogP contribution in [0.3, 0.4) is 0 Å². The third-order valence-corrected chi connectivity index (χ3v) is 4.98. The van der Waals surface area contributed by atoms with Crippen LogP contribution in [0.1, 0.15) is 20.7 Å². The van der Waals surface area contributed by atoms with Crippen LogP contribution in [0.25, 0.3) is 10.8 Å². The molecule has 24 heavy (non-hydrogen) atoms. The van der Waals surface area contributed by atoms with E-state index in [1.165, 1.54) is 23.9 Å². The number of carbonyl (C=O) groups is 2. The topological polar surface area (TPSA) is 54.4 Å². The lowest BCUT2D eigenvalue weighted by molar-refractivity contribution is 0.0989. The van der Waals surface area contributed by atoms with Crippen molar-refractivity contribution in [3.63, 3.8) is 0 Å². The van der Waals surface area contributed by atoms with E-state index in [-0.39, 0.29) is 28.4 Å². The lowest BCUT2D eigenvalue weighted by atomic mass is 9.94. The molecule has 1 aliphatic carbocycles. The zero-order valence-corrected chi connectivity index (χ0v) is 13.3. The molecule has 0 atom stereocenters. The highest BCUT2D eigenvalue weighted by Crippen LogP contribution is 2.37. The number of benzene rings is 3.